The molecule has 0 aliphatic heterocycles. The van der Waals surface area contributed by atoms with Gasteiger partial charge in [0.1, 0.15) is 22.3 Å². The molecule has 17 aromatic carbocycles. The molecule has 1 aliphatic carbocycles. The second kappa shape index (κ2) is 25.6. The van der Waals surface area contributed by atoms with E-state index in [-0.39, 0.29) is 5.41 Å². The number of hydrogen-bond acceptors (Lipinski definition) is 2. The van der Waals surface area contributed by atoms with Gasteiger partial charge in [-0.25, -0.2) is 0 Å². The largest absolute Gasteiger partial charge is 0.455 e. The Labute approximate surface area is 631 Å². The normalized spacial score (nSPS) is 12.4. The summed E-state index contributed by atoms with van der Waals surface area (Å²) in [6.45, 7) is 4.71. The number of hydrogen-bond donors (Lipinski definition) is 0. The molecule has 0 saturated heterocycles. The van der Waals surface area contributed by atoms with E-state index in [0.29, 0.717) is 0 Å². The van der Waals surface area contributed by atoms with Crippen molar-refractivity contribution in [1.29, 1.82) is 0 Å². The monoisotopic (exact) mass is 1390 g/mol. The third-order valence-electron chi connectivity index (χ3n) is 22.8. The predicted molar refractivity (Wildman–Crippen MR) is 457 cm³/mol. The summed E-state index contributed by atoms with van der Waals surface area (Å²) in [6, 6.07) is 141. The van der Waals surface area contributed by atoms with Crippen LogP contribution in [0.25, 0.3) is 199 Å². The Morgan fingerprint density at radius 1 is 0.193 bits per heavy atom. The molecule has 0 N–H and O–H groups in total. The molecule has 0 radical (unpaired) electrons. The standard InChI is InChI=1S/C54H35NO.C51H35NO/c1-3-14-36(15-4-1)38-18-11-19-39(30-38)42-31-43(33-44(32-42)46-24-13-25-49-48-23-8-10-27-53(48)56-54(46)49)41-28-29-52-50(35-41)47-22-7-9-26-51(47)55(52)45-21-12-20-40(34-45)37-16-5-2-6-17-37;1-51(2)45-20-9-6-15-39(45)40-25-23-33(31-46(40)51)35-27-34(28-36(29-35)38-18-12-19-43-42-17-8-11-22-49(42)53-50(38)43)32-24-26-48-44(30-32)41-16-7-10-21-47(41)52(48)37-13-4-3-5-14-37/h1-35H;3-31H,1-2H3. The van der Waals surface area contributed by atoms with Crippen LogP contribution in [0, 0.1) is 0 Å². The highest BCUT2D eigenvalue weighted by Crippen LogP contribution is 2.51. The molecular formula is C105H70N2O2. The van der Waals surface area contributed by atoms with Crippen molar-refractivity contribution < 1.29 is 8.83 Å². The third-order valence-corrected chi connectivity index (χ3v) is 22.8. The summed E-state index contributed by atoms with van der Waals surface area (Å²) in [5.41, 5.74) is 34.7. The van der Waals surface area contributed by atoms with E-state index in [2.05, 4.69) is 399 Å². The van der Waals surface area contributed by atoms with Crippen LogP contribution in [0.2, 0.25) is 0 Å². The maximum absolute atomic E-state index is 6.60. The van der Waals surface area contributed by atoms with Gasteiger partial charge in [0.25, 0.3) is 0 Å². The Morgan fingerprint density at radius 3 is 1.08 bits per heavy atom. The van der Waals surface area contributed by atoms with Gasteiger partial charge in [0, 0.05) is 71.0 Å². The highest BCUT2D eigenvalue weighted by atomic mass is 16.3. The van der Waals surface area contributed by atoms with E-state index in [9.17, 15) is 0 Å². The minimum Gasteiger partial charge on any atom is -0.455 e. The van der Waals surface area contributed by atoms with Gasteiger partial charge in [-0.15, -0.1) is 0 Å². The lowest BCUT2D eigenvalue weighted by Gasteiger charge is -2.22. The lowest BCUT2D eigenvalue weighted by atomic mass is 9.81. The van der Waals surface area contributed by atoms with Gasteiger partial charge < -0.3 is 18.0 Å². The number of para-hydroxylation sites is 7. The van der Waals surface area contributed by atoms with Crippen molar-refractivity contribution in [1.82, 2.24) is 9.13 Å². The second-order valence-corrected chi connectivity index (χ2v) is 29.5. The fourth-order valence-electron chi connectivity index (χ4n) is 17.5. The quantitative estimate of drug-likeness (QED) is 0.137. The first-order valence-electron chi connectivity index (χ1n) is 37.6. The zero-order valence-corrected chi connectivity index (χ0v) is 60.2. The maximum Gasteiger partial charge on any atom is 0.143 e. The van der Waals surface area contributed by atoms with Crippen LogP contribution in [-0.2, 0) is 5.41 Å². The first kappa shape index (κ1) is 63.4. The summed E-state index contributed by atoms with van der Waals surface area (Å²) in [5, 5.41) is 9.48. The summed E-state index contributed by atoms with van der Waals surface area (Å²) in [5.74, 6) is 0. The van der Waals surface area contributed by atoms with Crippen LogP contribution in [0.15, 0.2) is 397 Å². The second-order valence-electron chi connectivity index (χ2n) is 29.5. The smallest absolute Gasteiger partial charge is 0.143 e. The zero-order valence-electron chi connectivity index (χ0n) is 60.2. The van der Waals surface area contributed by atoms with Crippen LogP contribution < -0.4 is 0 Å². The molecule has 4 aromatic heterocycles. The third kappa shape index (κ3) is 10.7. The Hall–Kier alpha value is -14.1. The molecule has 109 heavy (non-hydrogen) atoms. The first-order chi connectivity index (χ1) is 53.8. The van der Waals surface area contributed by atoms with Crippen LogP contribution >= 0.6 is 0 Å². The Kier molecular flexibility index (Phi) is 14.9. The molecule has 4 nitrogen and oxygen atoms in total. The molecule has 1 aliphatic rings. The molecule has 0 unspecified atom stereocenters. The lowest BCUT2D eigenvalue weighted by Crippen LogP contribution is -2.14. The van der Waals surface area contributed by atoms with Gasteiger partial charge in [0.2, 0.25) is 0 Å². The van der Waals surface area contributed by atoms with Crippen LogP contribution in [0.3, 0.4) is 0 Å². The van der Waals surface area contributed by atoms with Gasteiger partial charge in [0.15, 0.2) is 0 Å². The first-order valence-corrected chi connectivity index (χ1v) is 37.6. The maximum atomic E-state index is 6.60. The van der Waals surface area contributed by atoms with Crippen molar-refractivity contribution in [3.05, 3.63) is 399 Å². The molecule has 0 bridgehead atoms. The number of fused-ring (bicyclic) bond motifs is 15. The van der Waals surface area contributed by atoms with Gasteiger partial charge in [-0.2, -0.15) is 0 Å². The van der Waals surface area contributed by atoms with E-state index < -0.39 is 0 Å². The average molecular weight is 1390 g/mol. The number of rotatable bonds is 10. The van der Waals surface area contributed by atoms with Crippen LogP contribution in [0.5, 0.6) is 0 Å². The topological polar surface area (TPSA) is 36.1 Å². The molecule has 22 rings (SSSR count). The molecule has 0 amide bonds. The van der Waals surface area contributed by atoms with Gasteiger partial charge in [-0.05, 0) is 221 Å². The minimum absolute atomic E-state index is 0.0831. The molecular weight excluding hydrogens is 1320 g/mol. The molecule has 0 fully saturated rings. The summed E-state index contributed by atoms with van der Waals surface area (Å²) in [7, 11) is 0. The predicted octanol–water partition coefficient (Wildman–Crippen LogP) is 29.0. The molecule has 21 aromatic rings. The average Bonchev–Trinajstić information content (AvgIpc) is 1.49. The Morgan fingerprint density at radius 2 is 0.532 bits per heavy atom. The van der Waals surface area contributed by atoms with Gasteiger partial charge in [-0.3, -0.25) is 0 Å². The number of benzene rings is 17. The van der Waals surface area contributed by atoms with Crippen molar-refractivity contribution in [2.45, 2.75) is 19.3 Å². The SMILES string of the molecule is CC1(C)c2ccccc2-c2ccc(-c3cc(-c4ccc5c(c4)c4ccccc4n5-c4ccccc4)cc(-c4cccc5c4oc4ccccc45)c3)cc21.c1ccc(-c2cccc(-c3cc(-c4ccc5c(c4)c4ccccc4n5-c4cccc(-c5ccccc5)c4)cc(-c4cccc5c4oc4ccccc45)c3)c2)cc1. The van der Waals surface area contributed by atoms with Crippen LogP contribution in [-0.4, -0.2) is 9.13 Å². The van der Waals surface area contributed by atoms with Gasteiger partial charge in [0.05, 0.1) is 22.1 Å². The minimum atomic E-state index is -0.0831. The number of nitrogens with zero attached hydrogens (tertiary/aromatic N) is 2. The van der Waals surface area contributed by atoms with E-state index >= 15 is 0 Å². The van der Waals surface area contributed by atoms with Crippen molar-refractivity contribution in [2.75, 3.05) is 0 Å². The van der Waals surface area contributed by atoms with Crippen molar-refractivity contribution >= 4 is 87.5 Å². The number of furan rings is 2. The van der Waals surface area contributed by atoms with Gasteiger partial charge in [-0.1, -0.05) is 281 Å². The van der Waals surface area contributed by atoms with Crippen LogP contribution in [0.4, 0.5) is 0 Å². The summed E-state index contributed by atoms with van der Waals surface area (Å²) in [4.78, 5) is 0. The molecule has 4 heteroatoms. The van der Waals surface area contributed by atoms with Crippen molar-refractivity contribution in [2.24, 2.45) is 0 Å². The Balaban J connectivity index is 0.000000139. The van der Waals surface area contributed by atoms with E-state index in [0.717, 1.165) is 94.2 Å². The molecule has 512 valence electrons. The summed E-state index contributed by atoms with van der Waals surface area (Å²) >= 11 is 0. The highest BCUT2D eigenvalue weighted by molar-refractivity contribution is 6.14. The Bertz CT molecular complexity index is 7190. The van der Waals surface area contributed by atoms with E-state index in [1.54, 1.807) is 0 Å². The van der Waals surface area contributed by atoms with Gasteiger partial charge >= 0.3 is 0 Å². The fraction of sp³-hybridized carbons (Fsp3) is 0.0286. The zero-order chi connectivity index (χ0) is 72.3. The fourth-order valence-corrected chi connectivity index (χ4v) is 17.5. The molecule has 4 heterocycles. The molecule has 0 spiro atoms. The molecule has 0 atom stereocenters. The molecule has 0 saturated carbocycles. The van der Waals surface area contributed by atoms with Crippen molar-refractivity contribution in [3.63, 3.8) is 0 Å². The summed E-state index contributed by atoms with van der Waals surface area (Å²) in [6.07, 6.45) is 0. The van der Waals surface area contributed by atoms with E-state index in [4.69, 9.17) is 8.83 Å². The number of aromatic nitrogens is 2. The lowest BCUT2D eigenvalue weighted by molar-refractivity contribution is 0.660. The summed E-state index contributed by atoms with van der Waals surface area (Å²) < 4.78 is 18.0. The van der Waals surface area contributed by atoms with Crippen LogP contribution in [0.1, 0.15) is 25.0 Å². The highest BCUT2D eigenvalue weighted by Gasteiger charge is 2.35. The van der Waals surface area contributed by atoms with E-state index in [1.165, 1.54) is 116 Å². The van der Waals surface area contributed by atoms with E-state index in [1.807, 2.05) is 12.1 Å². The van der Waals surface area contributed by atoms with Crippen molar-refractivity contribution in [3.8, 4) is 112 Å².